The van der Waals surface area contributed by atoms with E-state index >= 15 is 0 Å². The van der Waals surface area contributed by atoms with Crippen LogP contribution in [0.1, 0.15) is 37.0 Å². The van der Waals surface area contributed by atoms with Crippen molar-refractivity contribution in [1.82, 2.24) is 10.1 Å². The van der Waals surface area contributed by atoms with Crippen LogP contribution < -0.4 is 4.74 Å². The van der Waals surface area contributed by atoms with E-state index in [-0.39, 0.29) is 6.10 Å². The van der Waals surface area contributed by atoms with Gasteiger partial charge in [0.2, 0.25) is 5.82 Å². The van der Waals surface area contributed by atoms with Crippen molar-refractivity contribution in [3.8, 4) is 34.7 Å². The summed E-state index contributed by atoms with van der Waals surface area (Å²) in [6.45, 7) is 3.81. The summed E-state index contributed by atoms with van der Waals surface area (Å²) in [5, 5.41) is 26.1. The molecule has 7 heteroatoms. The summed E-state index contributed by atoms with van der Waals surface area (Å²) >= 11 is 0. The summed E-state index contributed by atoms with van der Waals surface area (Å²) in [4.78, 5) is 4.51. The Morgan fingerprint density at radius 1 is 1.21 bits per heavy atom. The van der Waals surface area contributed by atoms with E-state index in [0.717, 1.165) is 23.1 Å². The first-order valence-corrected chi connectivity index (χ1v) is 8.99. The molecule has 0 amide bonds. The predicted molar refractivity (Wildman–Crippen MR) is 102 cm³/mol. The second kappa shape index (κ2) is 7.16. The maximum absolute atomic E-state index is 9.41. The maximum atomic E-state index is 9.41. The summed E-state index contributed by atoms with van der Waals surface area (Å²) in [5.41, 5.74) is 4.53. The Hall–Kier alpha value is -3.66. The molecule has 1 aliphatic rings. The minimum Gasteiger partial charge on any atom is -0.490 e. The first-order valence-electron chi connectivity index (χ1n) is 8.99. The van der Waals surface area contributed by atoms with Gasteiger partial charge in [-0.2, -0.15) is 10.2 Å². The van der Waals surface area contributed by atoms with E-state index < -0.39 is 0 Å². The second-order valence-corrected chi connectivity index (χ2v) is 6.79. The quantitative estimate of drug-likeness (QED) is 0.542. The molecule has 0 fully saturated rings. The number of aromatic nitrogens is 2. The number of nitrogens with zero attached hydrogens (tertiary/aromatic N) is 4. The zero-order valence-electron chi connectivity index (χ0n) is 15.5. The minimum absolute atomic E-state index is 0.0273. The zero-order valence-corrected chi connectivity index (χ0v) is 15.5. The van der Waals surface area contributed by atoms with Crippen molar-refractivity contribution in [1.29, 1.82) is 5.26 Å². The highest BCUT2D eigenvalue weighted by molar-refractivity contribution is 6.05. The van der Waals surface area contributed by atoms with Gasteiger partial charge in [0.25, 0.3) is 5.89 Å². The lowest BCUT2D eigenvalue weighted by Crippen LogP contribution is -2.06. The molecular weight excluding hydrogens is 356 g/mol. The molecule has 1 N–H and O–H groups in total. The molecule has 7 nitrogen and oxygen atoms in total. The minimum atomic E-state index is -0.0273. The standard InChI is InChI=1S/C21H18N4O3/c1-12(2)27-19-9-6-13(10-14(19)11-22)21-23-20(25-28-21)17-5-3-4-16-15(17)7-8-18(16)24-26/h3-6,9-10,12,26H,7-8H2,1-2H3. The third-order valence-corrected chi connectivity index (χ3v) is 4.60. The molecule has 0 saturated carbocycles. The lowest BCUT2D eigenvalue weighted by molar-refractivity contribution is 0.241. The molecule has 0 atom stereocenters. The Labute approximate surface area is 161 Å². The van der Waals surface area contributed by atoms with Gasteiger partial charge in [0.1, 0.15) is 11.8 Å². The molecule has 140 valence electrons. The fraction of sp³-hybridized carbons (Fsp3) is 0.238. The van der Waals surface area contributed by atoms with Gasteiger partial charge in [0.05, 0.1) is 17.4 Å². The number of ether oxygens (including phenoxy) is 1. The summed E-state index contributed by atoms with van der Waals surface area (Å²) in [7, 11) is 0. The number of oxime groups is 1. The SMILES string of the molecule is CC(C)Oc1ccc(-c2nc(-c3cccc4c3CCC4=NO)no2)cc1C#N. The highest BCUT2D eigenvalue weighted by Crippen LogP contribution is 2.33. The van der Waals surface area contributed by atoms with Gasteiger partial charge in [-0.15, -0.1) is 0 Å². The topological polar surface area (TPSA) is 105 Å². The molecule has 0 saturated heterocycles. The highest BCUT2D eigenvalue weighted by Gasteiger charge is 2.24. The van der Waals surface area contributed by atoms with E-state index in [9.17, 15) is 5.26 Å². The molecule has 0 bridgehead atoms. The van der Waals surface area contributed by atoms with Crippen LogP contribution in [0.2, 0.25) is 0 Å². The molecular formula is C21H18N4O3. The molecule has 4 rings (SSSR count). The second-order valence-electron chi connectivity index (χ2n) is 6.79. The lowest BCUT2D eigenvalue weighted by Gasteiger charge is -2.11. The summed E-state index contributed by atoms with van der Waals surface area (Å²) < 4.78 is 11.1. The van der Waals surface area contributed by atoms with E-state index in [1.54, 1.807) is 18.2 Å². The smallest absolute Gasteiger partial charge is 0.258 e. The molecule has 3 aromatic rings. The van der Waals surface area contributed by atoms with E-state index in [0.29, 0.717) is 40.7 Å². The van der Waals surface area contributed by atoms with Crippen LogP contribution in [0, 0.1) is 11.3 Å². The first-order chi connectivity index (χ1) is 13.6. The van der Waals surface area contributed by atoms with Gasteiger partial charge in [-0.05, 0) is 50.5 Å². The van der Waals surface area contributed by atoms with E-state index in [1.165, 1.54) is 0 Å². The predicted octanol–water partition coefficient (Wildman–Crippen LogP) is 4.19. The van der Waals surface area contributed by atoms with Crippen molar-refractivity contribution in [2.45, 2.75) is 32.8 Å². The van der Waals surface area contributed by atoms with E-state index in [4.69, 9.17) is 14.5 Å². The third kappa shape index (κ3) is 3.09. The summed E-state index contributed by atoms with van der Waals surface area (Å²) in [6, 6.07) is 13.1. The van der Waals surface area contributed by atoms with Crippen LogP contribution >= 0.6 is 0 Å². The van der Waals surface area contributed by atoms with E-state index in [2.05, 4.69) is 21.4 Å². The van der Waals surface area contributed by atoms with Crippen molar-refractivity contribution in [3.05, 3.63) is 53.1 Å². The van der Waals surface area contributed by atoms with Crippen LogP contribution in [0.3, 0.4) is 0 Å². The number of rotatable bonds is 4. The van der Waals surface area contributed by atoms with Gasteiger partial charge in [-0.3, -0.25) is 0 Å². The molecule has 1 heterocycles. The number of benzene rings is 2. The van der Waals surface area contributed by atoms with Crippen molar-refractivity contribution in [2.24, 2.45) is 5.16 Å². The van der Waals surface area contributed by atoms with Gasteiger partial charge >= 0.3 is 0 Å². The summed E-state index contributed by atoms with van der Waals surface area (Å²) in [5.74, 6) is 1.32. The molecule has 1 aromatic heterocycles. The highest BCUT2D eigenvalue weighted by atomic mass is 16.5. The molecule has 1 aliphatic carbocycles. The van der Waals surface area contributed by atoms with Crippen molar-refractivity contribution in [2.75, 3.05) is 0 Å². The monoisotopic (exact) mass is 374 g/mol. The van der Waals surface area contributed by atoms with Gasteiger partial charge in [0, 0.05) is 16.7 Å². The number of hydrogen-bond acceptors (Lipinski definition) is 7. The number of fused-ring (bicyclic) bond motifs is 1. The van der Waals surface area contributed by atoms with Gasteiger partial charge in [-0.1, -0.05) is 28.5 Å². The van der Waals surface area contributed by atoms with Gasteiger partial charge < -0.3 is 14.5 Å². The fourth-order valence-corrected chi connectivity index (χ4v) is 3.38. The van der Waals surface area contributed by atoms with Crippen molar-refractivity contribution < 1.29 is 14.5 Å². The van der Waals surface area contributed by atoms with Gasteiger partial charge in [-0.25, -0.2) is 0 Å². The van der Waals surface area contributed by atoms with Crippen LogP contribution in [0.25, 0.3) is 22.8 Å². The van der Waals surface area contributed by atoms with Crippen LogP contribution in [-0.4, -0.2) is 27.2 Å². The van der Waals surface area contributed by atoms with Crippen LogP contribution in [-0.2, 0) is 6.42 Å². The molecule has 0 unspecified atom stereocenters. The Balaban J connectivity index is 1.70. The van der Waals surface area contributed by atoms with Crippen molar-refractivity contribution >= 4 is 5.71 Å². The Bertz CT molecular complexity index is 1110. The molecule has 0 radical (unpaired) electrons. The maximum Gasteiger partial charge on any atom is 0.258 e. The normalized spacial score (nSPS) is 14.3. The van der Waals surface area contributed by atoms with Gasteiger partial charge in [0.15, 0.2) is 0 Å². The third-order valence-electron chi connectivity index (χ3n) is 4.60. The van der Waals surface area contributed by atoms with Crippen LogP contribution in [0.4, 0.5) is 0 Å². The Kier molecular flexibility index (Phi) is 4.53. The van der Waals surface area contributed by atoms with Crippen molar-refractivity contribution in [3.63, 3.8) is 0 Å². The average molecular weight is 374 g/mol. The van der Waals surface area contributed by atoms with Crippen LogP contribution in [0.15, 0.2) is 46.1 Å². The largest absolute Gasteiger partial charge is 0.490 e. The Morgan fingerprint density at radius 3 is 2.79 bits per heavy atom. The molecule has 0 spiro atoms. The van der Waals surface area contributed by atoms with E-state index in [1.807, 2.05) is 32.0 Å². The lowest BCUT2D eigenvalue weighted by atomic mass is 10.0. The first kappa shape index (κ1) is 17.7. The Morgan fingerprint density at radius 2 is 2.04 bits per heavy atom. The summed E-state index contributed by atoms with van der Waals surface area (Å²) in [6.07, 6.45) is 1.41. The molecule has 2 aromatic carbocycles. The zero-order chi connectivity index (χ0) is 19.7. The van der Waals surface area contributed by atoms with Crippen LogP contribution in [0.5, 0.6) is 5.75 Å². The molecule has 28 heavy (non-hydrogen) atoms. The molecule has 0 aliphatic heterocycles. The number of hydrogen-bond donors (Lipinski definition) is 1. The average Bonchev–Trinajstić information content (AvgIpc) is 3.34. The number of nitriles is 1. The fourth-order valence-electron chi connectivity index (χ4n) is 3.38.